The summed E-state index contributed by atoms with van der Waals surface area (Å²) in [4.78, 5) is 19.3. The van der Waals surface area contributed by atoms with E-state index in [1.807, 2.05) is 35.2 Å². The van der Waals surface area contributed by atoms with E-state index in [1.54, 1.807) is 6.20 Å². The number of ether oxygens (including phenoxy) is 1. The Labute approximate surface area is 130 Å². The monoisotopic (exact) mass is 296 g/mol. The van der Waals surface area contributed by atoms with E-state index in [4.69, 9.17) is 4.74 Å². The average Bonchev–Trinajstić information content (AvgIpc) is 2.92. The molecule has 4 heteroatoms. The van der Waals surface area contributed by atoms with E-state index in [1.165, 1.54) is 0 Å². The van der Waals surface area contributed by atoms with Gasteiger partial charge in [0, 0.05) is 30.6 Å². The lowest BCUT2D eigenvalue weighted by atomic mass is 9.92. The number of hydrogen-bond donors (Lipinski definition) is 0. The molecule has 2 aromatic rings. The van der Waals surface area contributed by atoms with Crippen molar-refractivity contribution < 1.29 is 9.53 Å². The fourth-order valence-corrected chi connectivity index (χ4v) is 3.83. The highest BCUT2D eigenvalue weighted by atomic mass is 16.5. The zero-order valence-electron chi connectivity index (χ0n) is 12.7. The van der Waals surface area contributed by atoms with Crippen molar-refractivity contribution in [2.24, 2.45) is 5.92 Å². The highest BCUT2D eigenvalue weighted by Crippen LogP contribution is 2.33. The molecule has 114 valence electrons. The third-order valence-corrected chi connectivity index (χ3v) is 4.87. The van der Waals surface area contributed by atoms with Crippen molar-refractivity contribution >= 4 is 16.8 Å². The number of hydrogen-bond acceptors (Lipinski definition) is 3. The van der Waals surface area contributed by atoms with Crippen LogP contribution in [0.2, 0.25) is 0 Å². The minimum atomic E-state index is 0.122. The van der Waals surface area contributed by atoms with Crippen molar-refractivity contribution in [1.29, 1.82) is 0 Å². The van der Waals surface area contributed by atoms with Gasteiger partial charge in [0.25, 0.3) is 5.91 Å². The SMILES string of the molecule is C[C@@H]1C[C@@H]2CN(C(=O)c3ccnc4ccccc34)CC[C@@H]2O1. The van der Waals surface area contributed by atoms with E-state index in [0.29, 0.717) is 18.1 Å². The van der Waals surface area contributed by atoms with Gasteiger partial charge in [-0.25, -0.2) is 0 Å². The summed E-state index contributed by atoms with van der Waals surface area (Å²) in [6.07, 6.45) is 4.40. The van der Waals surface area contributed by atoms with Gasteiger partial charge in [-0.3, -0.25) is 9.78 Å². The molecule has 1 aromatic carbocycles. The van der Waals surface area contributed by atoms with E-state index in [0.717, 1.165) is 42.4 Å². The van der Waals surface area contributed by atoms with Gasteiger partial charge in [-0.15, -0.1) is 0 Å². The number of nitrogens with zero attached hydrogens (tertiary/aromatic N) is 2. The third kappa shape index (κ3) is 2.28. The highest BCUT2D eigenvalue weighted by molar-refractivity contribution is 6.06. The molecule has 1 aromatic heterocycles. The maximum atomic E-state index is 12.9. The number of rotatable bonds is 1. The van der Waals surface area contributed by atoms with Gasteiger partial charge in [-0.1, -0.05) is 18.2 Å². The van der Waals surface area contributed by atoms with Gasteiger partial charge < -0.3 is 9.64 Å². The first-order chi connectivity index (χ1) is 10.7. The number of carbonyl (C=O) groups is 1. The normalized spacial score (nSPS) is 27.9. The first kappa shape index (κ1) is 13.7. The summed E-state index contributed by atoms with van der Waals surface area (Å²) < 4.78 is 5.92. The molecule has 3 atom stereocenters. The molecule has 2 aliphatic rings. The van der Waals surface area contributed by atoms with Crippen LogP contribution < -0.4 is 0 Å². The van der Waals surface area contributed by atoms with E-state index in [9.17, 15) is 4.79 Å². The number of benzene rings is 1. The van der Waals surface area contributed by atoms with Crippen molar-refractivity contribution in [1.82, 2.24) is 9.88 Å². The minimum absolute atomic E-state index is 0.122. The molecular weight excluding hydrogens is 276 g/mol. The summed E-state index contributed by atoms with van der Waals surface area (Å²) in [5.41, 5.74) is 1.64. The number of pyridine rings is 1. The Morgan fingerprint density at radius 2 is 2.18 bits per heavy atom. The largest absolute Gasteiger partial charge is 0.375 e. The molecule has 2 fully saturated rings. The summed E-state index contributed by atoms with van der Waals surface area (Å²) in [5.74, 6) is 0.609. The molecule has 0 bridgehead atoms. The smallest absolute Gasteiger partial charge is 0.254 e. The molecule has 2 saturated heterocycles. The molecule has 4 rings (SSSR count). The van der Waals surface area contributed by atoms with Gasteiger partial charge in [0.05, 0.1) is 23.3 Å². The van der Waals surface area contributed by atoms with Crippen LogP contribution in [0, 0.1) is 5.92 Å². The molecule has 1 amide bonds. The fourth-order valence-electron chi connectivity index (χ4n) is 3.83. The van der Waals surface area contributed by atoms with E-state index in [-0.39, 0.29) is 5.91 Å². The molecule has 0 spiro atoms. The van der Waals surface area contributed by atoms with Crippen molar-refractivity contribution in [3.05, 3.63) is 42.1 Å². The maximum absolute atomic E-state index is 12.9. The number of carbonyl (C=O) groups excluding carboxylic acids is 1. The maximum Gasteiger partial charge on any atom is 0.254 e. The minimum Gasteiger partial charge on any atom is -0.375 e. The van der Waals surface area contributed by atoms with Crippen molar-refractivity contribution in [3.63, 3.8) is 0 Å². The molecule has 3 heterocycles. The Balaban J connectivity index is 1.61. The summed E-state index contributed by atoms with van der Waals surface area (Å²) >= 11 is 0. The van der Waals surface area contributed by atoms with Crippen LogP contribution in [0.5, 0.6) is 0 Å². The van der Waals surface area contributed by atoms with E-state index < -0.39 is 0 Å². The van der Waals surface area contributed by atoms with Gasteiger partial charge >= 0.3 is 0 Å². The molecule has 2 aliphatic heterocycles. The Morgan fingerprint density at radius 3 is 3.09 bits per heavy atom. The first-order valence-corrected chi connectivity index (χ1v) is 8.01. The second kappa shape index (κ2) is 5.36. The zero-order valence-corrected chi connectivity index (χ0v) is 12.7. The number of aromatic nitrogens is 1. The van der Waals surface area contributed by atoms with Crippen LogP contribution in [0.15, 0.2) is 36.5 Å². The molecule has 4 nitrogen and oxygen atoms in total. The molecular formula is C18H20N2O2. The molecule has 0 saturated carbocycles. The van der Waals surface area contributed by atoms with Crippen LogP contribution in [-0.4, -0.2) is 41.1 Å². The topological polar surface area (TPSA) is 42.4 Å². The van der Waals surface area contributed by atoms with Gasteiger partial charge in [0.1, 0.15) is 0 Å². The summed E-state index contributed by atoms with van der Waals surface area (Å²) in [6.45, 7) is 3.72. The van der Waals surface area contributed by atoms with Crippen LogP contribution in [-0.2, 0) is 4.74 Å². The lowest BCUT2D eigenvalue weighted by Gasteiger charge is -2.34. The fraction of sp³-hybridized carbons (Fsp3) is 0.444. The predicted molar refractivity (Wildman–Crippen MR) is 84.7 cm³/mol. The molecule has 0 N–H and O–H groups in total. The van der Waals surface area contributed by atoms with Crippen molar-refractivity contribution in [2.75, 3.05) is 13.1 Å². The van der Waals surface area contributed by atoms with Crippen LogP contribution in [0.25, 0.3) is 10.9 Å². The Morgan fingerprint density at radius 1 is 1.32 bits per heavy atom. The molecule has 0 aliphatic carbocycles. The first-order valence-electron chi connectivity index (χ1n) is 8.01. The quantitative estimate of drug-likeness (QED) is 0.812. The zero-order chi connectivity index (χ0) is 15.1. The van der Waals surface area contributed by atoms with Crippen LogP contribution in [0.4, 0.5) is 0 Å². The van der Waals surface area contributed by atoms with Gasteiger partial charge in [-0.05, 0) is 31.9 Å². The van der Waals surface area contributed by atoms with Crippen LogP contribution >= 0.6 is 0 Å². The second-order valence-corrected chi connectivity index (χ2v) is 6.40. The Hall–Kier alpha value is -1.94. The summed E-state index contributed by atoms with van der Waals surface area (Å²) in [5, 5.41) is 0.938. The second-order valence-electron chi connectivity index (χ2n) is 6.40. The van der Waals surface area contributed by atoms with E-state index in [2.05, 4.69) is 11.9 Å². The van der Waals surface area contributed by atoms with Crippen molar-refractivity contribution in [3.8, 4) is 0 Å². The van der Waals surface area contributed by atoms with Gasteiger partial charge in [0.15, 0.2) is 0 Å². The Bertz CT molecular complexity index is 710. The molecule has 0 unspecified atom stereocenters. The number of fused-ring (bicyclic) bond motifs is 2. The standard InChI is InChI=1S/C18H20N2O2/c1-12-10-13-11-20(9-7-17(13)22-12)18(21)15-6-8-19-16-5-3-2-4-14(15)16/h2-6,8,12-13,17H,7,9-11H2,1H3/t12-,13-,17+/m1/s1. The predicted octanol–water partition coefficient (Wildman–Crippen LogP) is 2.87. The van der Waals surface area contributed by atoms with Crippen molar-refractivity contribution in [2.45, 2.75) is 32.0 Å². The lowest BCUT2D eigenvalue weighted by Crippen LogP contribution is -2.44. The Kier molecular flexibility index (Phi) is 3.34. The van der Waals surface area contributed by atoms with Gasteiger partial charge in [-0.2, -0.15) is 0 Å². The molecule has 0 radical (unpaired) electrons. The number of likely N-dealkylation sites (tertiary alicyclic amines) is 1. The van der Waals surface area contributed by atoms with Gasteiger partial charge in [0.2, 0.25) is 0 Å². The summed E-state index contributed by atoms with van der Waals surface area (Å²) in [6, 6.07) is 9.67. The number of piperidine rings is 1. The lowest BCUT2D eigenvalue weighted by molar-refractivity contribution is 0.00870. The number of para-hydroxylation sites is 1. The van der Waals surface area contributed by atoms with E-state index >= 15 is 0 Å². The summed E-state index contributed by atoms with van der Waals surface area (Å²) in [7, 11) is 0. The number of amides is 1. The highest BCUT2D eigenvalue weighted by Gasteiger charge is 2.38. The third-order valence-electron chi connectivity index (χ3n) is 4.87. The van der Waals surface area contributed by atoms with Crippen LogP contribution in [0.1, 0.15) is 30.1 Å². The molecule has 22 heavy (non-hydrogen) atoms. The average molecular weight is 296 g/mol. The van der Waals surface area contributed by atoms with Crippen LogP contribution in [0.3, 0.4) is 0 Å².